The van der Waals surface area contributed by atoms with E-state index in [1.807, 2.05) is 5.32 Å². The summed E-state index contributed by atoms with van der Waals surface area (Å²) in [5.41, 5.74) is 0.465. The number of carbonyl (C=O) groups is 1. The molecule has 6 nitrogen and oxygen atoms in total. The second-order valence-corrected chi connectivity index (χ2v) is 5.41. The summed E-state index contributed by atoms with van der Waals surface area (Å²) in [6, 6.07) is 3.81. The van der Waals surface area contributed by atoms with E-state index in [2.05, 4.69) is 5.23 Å². The smallest absolute Gasteiger partial charge is 0.471 e. The summed E-state index contributed by atoms with van der Waals surface area (Å²) in [4.78, 5) is 11.3. The first kappa shape index (κ1) is 21.1. The minimum Gasteiger partial charge on any atom is -0.493 e. The molecule has 0 heterocycles. The highest BCUT2D eigenvalue weighted by Crippen LogP contribution is 2.31. The Balaban J connectivity index is 2.94. The predicted octanol–water partition coefficient (Wildman–Crippen LogP) is 1.90. The summed E-state index contributed by atoms with van der Waals surface area (Å²) in [6.07, 6.45) is -4.27. The van der Waals surface area contributed by atoms with Crippen molar-refractivity contribution >= 4 is 13.0 Å². The van der Waals surface area contributed by atoms with Crippen molar-refractivity contribution in [3.8, 4) is 11.5 Å². The standard InChI is InChI=1S/C15H22BF3N2O4/c1-16(23)20-8-4-5-11(21-14(22)15(17,18)19)10-6-7-12(24-2)13(9-10)25-3/h6-7,9,11,20,23H,4-5,8H2,1-3H3,(H,21,22)/t11-/m1/s1. The van der Waals surface area contributed by atoms with Crippen LogP contribution >= 0.6 is 0 Å². The Labute approximate surface area is 144 Å². The lowest BCUT2D eigenvalue weighted by molar-refractivity contribution is -0.174. The third-order valence-corrected chi connectivity index (χ3v) is 3.48. The third-order valence-electron chi connectivity index (χ3n) is 3.48. The van der Waals surface area contributed by atoms with Crippen LogP contribution in [0.2, 0.25) is 6.82 Å². The highest BCUT2D eigenvalue weighted by Gasteiger charge is 2.39. The molecule has 0 radical (unpaired) electrons. The van der Waals surface area contributed by atoms with E-state index in [1.165, 1.54) is 27.1 Å². The minimum atomic E-state index is -4.97. The zero-order valence-electron chi connectivity index (χ0n) is 14.3. The maximum Gasteiger partial charge on any atom is 0.471 e. The molecule has 0 aliphatic heterocycles. The van der Waals surface area contributed by atoms with Crippen molar-refractivity contribution in [1.29, 1.82) is 0 Å². The Kier molecular flexibility index (Phi) is 8.04. The average Bonchev–Trinajstić information content (AvgIpc) is 2.55. The lowest BCUT2D eigenvalue weighted by atomic mass is 9.88. The van der Waals surface area contributed by atoms with Gasteiger partial charge in [-0.2, -0.15) is 13.2 Å². The van der Waals surface area contributed by atoms with E-state index >= 15 is 0 Å². The van der Waals surface area contributed by atoms with Gasteiger partial charge in [-0.25, -0.2) is 0 Å². The largest absolute Gasteiger partial charge is 0.493 e. The number of ether oxygens (including phenoxy) is 2. The molecule has 0 unspecified atom stereocenters. The van der Waals surface area contributed by atoms with Crippen LogP contribution in [0.5, 0.6) is 11.5 Å². The number of amides is 1. The average molecular weight is 362 g/mol. The highest BCUT2D eigenvalue weighted by atomic mass is 19.4. The van der Waals surface area contributed by atoms with Gasteiger partial charge in [0.1, 0.15) is 0 Å². The van der Waals surface area contributed by atoms with E-state index in [0.717, 1.165) is 0 Å². The third kappa shape index (κ3) is 6.83. The van der Waals surface area contributed by atoms with Gasteiger partial charge in [0.25, 0.3) is 0 Å². The monoisotopic (exact) mass is 362 g/mol. The molecule has 0 aliphatic rings. The Hall–Kier alpha value is -1.94. The number of hydrogen-bond donors (Lipinski definition) is 3. The summed E-state index contributed by atoms with van der Waals surface area (Å²) < 4.78 is 48.0. The van der Waals surface area contributed by atoms with E-state index in [-0.39, 0.29) is 6.42 Å². The second kappa shape index (κ2) is 9.52. The van der Waals surface area contributed by atoms with Crippen LogP contribution < -0.4 is 20.0 Å². The molecule has 0 spiro atoms. The Morgan fingerprint density at radius 3 is 2.44 bits per heavy atom. The van der Waals surface area contributed by atoms with Crippen LogP contribution in [0, 0.1) is 0 Å². The molecule has 3 N–H and O–H groups in total. The Morgan fingerprint density at radius 1 is 1.28 bits per heavy atom. The maximum absolute atomic E-state index is 12.6. The van der Waals surface area contributed by atoms with Crippen molar-refractivity contribution in [2.45, 2.75) is 31.9 Å². The maximum atomic E-state index is 12.6. The van der Waals surface area contributed by atoms with Crippen LogP contribution in [0.15, 0.2) is 18.2 Å². The first-order chi connectivity index (χ1) is 11.7. The number of rotatable bonds is 9. The van der Waals surface area contributed by atoms with Crippen molar-refractivity contribution in [2.24, 2.45) is 0 Å². The summed E-state index contributed by atoms with van der Waals surface area (Å²) in [6.45, 7) is 1.93. The van der Waals surface area contributed by atoms with E-state index in [9.17, 15) is 18.0 Å². The summed E-state index contributed by atoms with van der Waals surface area (Å²) >= 11 is 0. The van der Waals surface area contributed by atoms with Crippen molar-refractivity contribution in [3.63, 3.8) is 0 Å². The molecule has 0 fully saturated rings. The lowest BCUT2D eigenvalue weighted by Gasteiger charge is -2.21. The quantitative estimate of drug-likeness (QED) is 0.462. The Bertz CT molecular complexity index is 570. The van der Waals surface area contributed by atoms with Gasteiger partial charge in [0.05, 0.1) is 20.3 Å². The van der Waals surface area contributed by atoms with E-state index in [0.29, 0.717) is 30.0 Å². The highest BCUT2D eigenvalue weighted by molar-refractivity contribution is 6.45. The number of nitrogens with one attached hydrogen (secondary N) is 2. The summed E-state index contributed by atoms with van der Waals surface area (Å²) in [5, 5.41) is 13.9. The molecule has 0 aromatic heterocycles. The fraction of sp³-hybridized carbons (Fsp3) is 0.533. The van der Waals surface area contributed by atoms with Gasteiger partial charge in [-0.15, -0.1) is 0 Å². The number of carbonyl (C=O) groups excluding carboxylic acids is 1. The van der Waals surface area contributed by atoms with Gasteiger partial charge in [0.15, 0.2) is 11.5 Å². The van der Waals surface area contributed by atoms with Crippen molar-refractivity contribution in [2.75, 3.05) is 20.8 Å². The molecular weight excluding hydrogens is 340 g/mol. The van der Waals surface area contributed by atoms with Gasteiger partial charge < -0.3 is 25.0 Å². The van der Waals surface area contributed by atoms with Crippen LogP contribution in [-0.2, 0) is 4.79 Å². The molecule has 25 heavy (non-hydrogen) atoms. The molecule has 1 amide bonds. The fourth-order valence-electron chi connectivity index (χ4n) is 2.25. The van der Waals surface area contributed by atoms with Gasteiger partial charge >= 0.3 is 19.1 Å². The van der Waals surface area contributed by atoms with Crippen LogP contribution in [0.4, 0.5) is 13.2 Å². The Morgan fingerprint density at radius 2 is 1.92 bits per heavy atom. The number of methoxy groups -OCH3 is 2. The fourth-order valence-corrected chi connectivity index (χ4v) is 2.25. The number of halogens is 3. The zero-order valence-corrected chi connectivity index (χ0v) is 14.3. The molecule has 0 saturated heterocycles. The molecule has 140 valence electrons. The molecule has 10 heteroatoms. The first-order valence-electron chi connectivity index (χ1n) is 7.70. The van der Waals surface area contributed by atoms with Crippen LogP contribution in [0.25, 0.3) is 0 Å². The van der Waals surface area contributed by atoms with E-state index < -0.39 is 25.2 Å². The van der Waals surface area contributed by atoms with Gasteiger partial charge in [-0.1, -0.05) is 6.07 Å². The van der Waals surface area contributed by atoms with Crippen LogP contribution in [0.1, 0.15) is 24.4 Å². The number of hydrogen-bond acceptors (Lipinski definition) is 5. The number of alkyl halides is 3. The predicted molar refractivity (Wildman–Crippen MR) is 87.6 cm³/mol. The molecule has 0 bridgehead atoms. The molecule has 1 aromatic rings. The lowest BCUT2D eigenvalue weighted by Crippen LogP contribution is -2.39. The van der Waals surface area contributed by atoms with E-state index in [4.69, 9.17) is 14.5 Å². The molecule has 0 aliphatic carbocycles. The van der Waals surface area contributed by atoms with Gasteiger partial charge in [-0.05, 0) is 43.9 Å². The topological polar surface area (TPSA) is 79.8 Å². The van der Waals surface area contributed by atoms with Crippen molar-refractivity contribution in [3.05, 3.63) is 23.8 Å². The molecule has 0 saturated carbocycles. The van der Waals surface area contributed by atoms with Crippen molar-refractivity contribution in [1.82, 2.24) is 10.5 Å². The van der Waals surface area contributed by atoms with Gasteiger partial charge in [0.2, 0.25) is 0 Å². The zero-order chi connectivity index (χ0) is 19.0. The molecule has 1 aromatic carbocycles. The minimum absolute atomic E-state index is 0.247. The van der Waals surface area contributed by atoms with Crippen LogP contribution in [-0.4, -0.2) is 44.9 Å². The van der Waals surface area contributed by atoms with Crippen LogP contribution in [0.3, 0.4) is 0 Å². The molecule has 1 rings (SSSR count). The normalized spacial score (nSPS) is 12.4. The summed E-state index contributed by atoms with van der Waals surface area (Å²) in [7, 11) is 2.14. The van der Waals surface area contributed by atoms with Gasteiger partial charge in [0, 0.05) is 0 Å². The molecule has 1 atom stereocenters. The number of benzene rings is 1. The van der Waals surface area contributed by atoms with E-state index in [1.54, 1.807) is 12.1 Å². The summed E-state index contributed by atoms with van der Waals surface area (Å²) in [5.74, 6) is -1.22. The van der Waals surface area contributed by atoms with Gasteiger partial charge in [-0.3, -0.25) is 4.79 Å². The first-order valence-corrected chi connectivity index (χ1v) is 7.70. The molecular formula is C15H22BF3N2O4. The van der Waals surface area contributed by atoms with Crippen molar-refractivity contribution < 1.29 is 32.5 Å². The second-order valence-electron chi connectivity index (χ2n) is 5.41. The SMILES string of the molecule is COc1ccc([C@@H](CCCNB(C)O)NC(=O)C(F)(F)F)cc1OC.